The van der Waals surface area contributed by atoms with Gasteiger partial charge in [-0.25, -0.2) is 9.59 Å². The lowest BCUT2D eigenvalue weighted by Gasteiger charge is -2.10. The van der Waals surface area contributed by atoms with Crippen LogP contribution >= 0.6 is 0 Å². The van der Waals surface area contributed by atoms with E-state index in [0.717, 1.165) is 19.0 Å². The zero-order valence-corrected chi connectivity index (χ0v) is 8.82. The Kier molecular flexibility index (Phi) is 2.22. The summed E-state index contributed by atoms with van der Waals surface area (Å²) in [5.41, 5.74) is -1.74. The third kappa shape index (κ3) is 1.91. The Hall–Kier alpha value is -1.85. The first-order valence-corrected chi connectivity index (χ1v) is 4.98. The smallest absolute Gasteiger partial charge is 0.342 e. The van der Waals surface area contributed by atoms with Crippen molar-refractivity contribution in [2.45, 2.75) is 26.3 Å². The molecule has 1 fully saturated rings. The number of aromatic amines is 1. The van der Waals surface area contributed by atoms with Crippen molar-refractivity contribution in [1.82, 2.24) is 9.55 Å². The van der Waals surface area contributed by atoms with E-state index in [1.165, 1.54) is 4.57 Å². The molecule has 0 amide bonds. The zero-order valence-electron chi connectivity index (χ0n) is 8.82. The van der Waals surface area contributed by atoms with E-state index in [4.69, 9.17) is 5.11 Å². The molecule has 1 saturated carbocycles. The van der Waals surface area contributed by atoms with Gasteiger partial charge in [0.15, 0.2) is 0 Å². The normalized spacial score (nSPS) is 17.1. The van der Waals surface area contributed by atoms with E-state index in [-0.39, 0.29) is 5.41 Å². The molecule has 2 N–H and O–H groups in total. The van der Waals surface area contributed by atoms with Crippen molar-refractivity contribution in [2.75, 3.05) is 0 Å². The highest BCUT2D eigenvalue weighted by molar-refractivity contribution is 5.86. The standard InChI is InChI=1S/C10H12N2O4/c1-10(2-3-10)5-12-4-6(8(14)15)7(13)11-9(12)16/h4H,2-3,5H2,1H3,(H,14,15)(H,11,13,16). The van der Waals surface area contributed by atoms with Gasteiger partial charge in [0.2, 0.25) is 0 Å². The van der Waals surface area contributed by atoms with Crippen LogP contribution in [-0.2, 0) is 6.54 Å². The molecule has 16 heavy (non-hydrogen) atoms. The first-order valence-electron chi connectivity index (χ1n) is 4.98. The number of carbonyl (C=O) groups is 1. The molecule has 2 rings (SSSR count). The first-order chi connectivity index (χ1) is 7.41. The molecule has 0 spiro atoms. The van der Waals surface area contributed by atoms with E-state index in [0.29, 0.717) is 6.54 Å². The second-order valence-corrected chi connectivity index (χ2v) is 4.55. The molecule has 0 unspecified atom stereocenters. The molecular formula is C10H12N2O4. The van der Waals surface area contributed by atoms with Crippen LogP contribution in [0.1, 0.15) is 30.1 Å². The number of hydrogen-bond acceptors (Lipinski definition) is 3. The van der Waals surface area contributed by atoms with Crippen LogP contribution in [0.3, 0.4) is 0 Å². The fourth-order valence-electron chi connectivity index (χ4n) is 1.56. The van der Waals surface area contributed by atoms with Crippen LogP contribution in [0.15, 0.2) is 15.8 Å². The van der Waals surface area contributed by atoms with Crippen molar-refractivity contribution < 1.29 is 9.90 Å². The summed E-state index contributed by atoms with van der Waals surface area (Å²) in [7, 11) is 0. The number of nitrogens with zero attached hydrogens (tertiary/aromatic N) is 1. The van der Waals surface area contributed by atoms with Gasteiger partial charge in [-0.05, 0) is 18.3 Å². The van der Waals surface area contributed by atoms with Gasteiger partial charge in [0.05, 0.1) is 0 Å². The predicted octanol–water partition coefficient (Wildman–Crippen LogP) is 0.0349. The summed E-state index contributed by atoms with van der Waals surface area (Å²) in [6.07, 6.45) is 3.15. The number of H-pyrrole nitrogens is 1. The van der Waals surface area contributed by atoms with Crippen LogP contribution in [0.5, 0.6) is 0 Å². The van der Waals surface area contributed by atoms with Gasteiger partial charge >= 0.3 is 11.7 Å². The number of aromatic carboxylic acids is 1. The minimum absolute atomic E-state index is 0.0673. The molecule has 0 saturated heterocycles. The number of rotatable bonds is 3. The van der Waals surface area contributed by atoms with Gasteiger partial charge in [-0.1, -0.05) is 6.92 Å². The van der Waals surface area contributed by atoms with Gasteiger partial charge in [0.25, 0.3) is 5.56 Å². The highest BCUT2D eigenvalue weighted by Crippen LogP contribution is 2.45. The topological polar surface area (TPSA) is 92.2 Å². The largest absolute Gasteiger partial charge is 0.477 e. The van der Waals surface area contributed by atoms with Crippen molar-refractivity contribution in [2.24, 2.45) is 5.41 Å². The van der Waals surface area contributed by atoms with Gasteiger partial charge in [-0.15, -0.1) is 0 Å². The lowest BCUT2D eigenvalue weighted by Crippen LogP contribution is -2.34. The van der Waals surface area contributed by atoms with E-state index >= 15 is 0 Å². The summed E-state index contributed by atoms with van der Waals surface area (Å²) >= 11 is 0. The number of hydrogen-bond donors (Lipinski definition) is 2. The minimum atomic E-state index is -1.32. The highest BCUT2D eigenvalue weighted by Gasteiger charge is 2.37. The molecule has 0 atom stereocenters. The lowest BCUT2D eigenvalue weighted by molar-refractivity contribution is 0.0693. The summed E-state index contributed by atoms with van der Waals surface area (Å²) in [5, 5.41) is 8.76. The fourth-order valence-corrected chi connectivity index (χ4v) is 1.56. The summed E-state index contributed by atoms with van der Waals surface area (Å²) in [6, 6.07) is 0. The fraction of sp³-hybridized carbons (Fsp3) is 0.500. The van der Waals surface area contributed by atoms with Crippen molar-refractivity contribution in [3.8, 4) is 0 Å². The second kappa shape index (κ2) is 3.33. The van der Waals surface area contributed by atoms with Crippen LogP contribution in [0.25, 0.3) is 0 Å². The van der Waals surface area contributed by atoms with Gasteiger partial charge in [0, 0.05) is 12.7 Å². The van der Waals surface area contributed by atoms with Gasteiger partial charge < -0.3 is 5.11 Å². The molecular weight excluding hydrogens is 212 g/mol. The number of carboxylic acids is 1. The predicted molar refractivity (Wildman–Crippen MR) is 55.6 cm³/mol. The van der Waals surface area contributed by atoms with E-state index in [1.54, 1.807) is 0 Å². The Bertz CT molecular complexity index is 551. The quantitative estimate of drug-likeness (QED) is 0.757. The third-order valence-electron chi connectivity index (χ3n) is 2.90. The van der Waals surface area contributed by atoms with E-state index < -0.39 is 22.8 Å². The molecule has 6 nitrogen and oxygen atoms in total. The molecule has 0 aliphatic heterocycles. The molecule has 6 heteroatoms. The maximum Gasteiger partial charge on any atom is 0.342 e. The highest BCUT2D eigenvalue weighted by atomic mass is 16.4. The number of carboxylic acid groups (broad SMARTS) is 1. The molecule has 1 heterocycles. The van der Waals surface area contributed by atoms with Crippen molar-refractivity contribution in [3.05, 3.63) is 32.6 Å². The van der Waals surface area contributed by atoms with Crippen LogP contribution in [0.4, 0.5) is 0 Å². The number of aromatic nitrogens is 2. The summed E-state index contributed by atoms with van der Waals surface area (Å²) in [5.74, 6) is -1.32. The molecule has 86 valence electrons. The van der Waals surface area contributed by atoms with Crippen LogP contribution in [-0.4, -0.2) is 20.6 Å². The maximum absolute atomic E-state index is 11.4. The Morgan fingerprint density at radius 1 is 1.56 bits per heavy atom. The molecule has 1 aliphatic carbocycles. The monoisotopic (exact) mass is 224 g/mol. The Balaban J connectivity index is 2.45. The number of nitrogens with one attached hydrogen (secondary N) is 1. The van der Waals surface area contributed by atoms with Gasteiger partial charge in [-0.2, -0.15) is 0 Å². The average molecular weight is 224 g/mol. The van der Waals surface area contributed by atoms with E-state index in [2.05, 4.69) is 0 Å². The lowest BCUT2D eigenvalue weighted by atomic mass is 10.1. The minimum Gasteiger partial charge on any atom is -0.477 e. The summed E-state index contributed by atoms with van der Waals surface area (Å²) in [4.78, 5) is 35.3. The Labute approximate surface area is 90.5 Å². The molecule has 0 aromatic carbocycles. The van der Waals surface area contributed by atoms with Crippen molar-refractivity contribution in [1.29, 1.82) is 0 Å². The van der Waals surface area contributed by atoms with Crippen LogP contribution in [0, 0.1) is 5.41 Å². The van der Waals surface area contributed by atoms with Crippen molar-refractivity contribution in [3.63, 3.8) is 0 Å². The van der Waals surface area contributed by atoms with Gasteiger partial charge in [0.1, 0.15) is 5.56 Å². The summed E-state index contributed by atoms with van der Waals surface area (Å²) < 4.78 is 1.26. The third-order valence-corrected chi connectivity index (χ3v) is 2.90. The van der Waals surface area contributed by atoms with Crippen LogP contribution < -0.4 is 11.2 Å². The Morgan fingerprint density at radius 2 is 2.19 bits per heavy atom. The molecule has 1 aromatic rings. The van der Waals surface area contributed by atoms with Crippen molar-refractivity contribution >= 4 is 5.97 Å². The second-order valence-electron chi connectivity index (χ2n) is 4.55. The molecule has 1 aliphatic rings. The van der Waals surface area contributed by atoms with Crippen LogP contribution in [0.2, 0.25) is 0 Å². The van der Waals surface area contributed by atoms with Gasteiger partial charge in [-0.3, -0.25) is 14.3 Å². The Morgan fingerprint density at radius 3 is 2.69 bits per heavy atom. The SMILES string of the molecule is CC1(Cn2cc(C(=O)O)c(=O)[nH]c2=O)CC1. The zero-order chi connectivity index (χ0) is 11.9. The molecule has 0 radical (unpaired) electrons. The van der Waals surface area contributed by atoms with E-state index in [9.17, 15) is 14.4 Å². The maximum atomic E-state index is 11.4. The molecule has 1 aromatic heterocycles. The summed E-state index contributed by atoms with van der Waals surface area (Å²) in [6.45, 7) is 2.47. The average Bonchev–Trinajstić information content (AvgIpc) is 2.88. The first kappa shape index (κ1) is 10.7. The van der Waals surface area contributed by atoms with E-state index in [1.807, 2.05) is 11.9 Å². The molecule has 0 bridgehead atoms.